The molecule has 0 amide bonds. The molecule has 0 atom stereocenters. The van der Waals surface area contributed by atoms with Gasteiger partial charge < -0.3 is 15.6 Å². The maximum absolute atomic E-state index is 10.8. The van der Waals surface area contributed by atoms with Gasteiger partial charge in [-0.25, -0.2) is 14.8 Å². The topological polar surface area (TPSA) is 98.3 Å². The van der Waals surface area contributed by atoms with Crippen LogP contribution in [0.25, 0.3) is 17.3 Å². The Labute approximate surface area is 121 Å². The monoisotopic (exact) mass is 285 g/mol. The zero-order chi connectivity index (χ0) is 15.2. The van der Waals surface area contributed by atoms with E-state index in [0.717, 1.165) is 0 Å². The van der Waals surface area contributed by atoms with Gasteiger partial charge in [-0.2, -0.15) is 0 Å². The summed E-state index contributed by atoms with van der Waals surface area (Å²) in [6.07, 6.45) is 5.17. The summed E-state index contributed by atoms with van der Waals surface area (Å²) >= 11 is 0. The molecule has 1 aromatic carbocycles. The molecule has 0 unspecified atom stereocenters. The number of anilines is 1. The molecule has 108 valence electrons. The summed E-state index contributed by atoms with van der Waals surface area (Å²) in [5, 5.41) is 8.89. The number of nitrogens with zero attached hydrogens (tertiary/aromatic N) is 2. The van der Waals surface area contributed by atoms with E-state index < -0.39 is 5.97 Å². The predicted octanol–water partition coefficient (Wildman–Crippen LogP) is 2.08. The molecule has 21 heavy (non-hydrogen) atoms. The van der Waals surface area contributed by atoms with E-state index in [-0.39, 0.29) is 5.56 Å². The third kappa shape index (κ3) is 3.64. The van der Waals surface area contributed by atoms with Gasteiger partial charge in [0, 0.05) is 12.7 Å². The molecule has 6 nitrogen and oxygen atoms in total. The van der Waals surface area contributed by atoms with Gasteiger partial charge in [-0.1, -0.05) is 18.2 Å². The third-order valence-corrected chi connectivity index (χ3v) is 2.78. The minimum absolute atomic E-state index is 0.210. The minimum Gasteiger partial charge on any atom is -0.478 e. The molecule has 0 radical (unpaired) electrons. The molecule has 6 heteroatoms. The zero-order valence-electron chi connectivity index (χ0n) is 11.5. The fourth-order valence-corrected chi connectivity index (χ4v) is 1.74. The maximum atomic E-state index is 10.8. The summed E-state index contributed by atoms with van der Waals surface area (Å²) in [4.78, 5) is 19.4. The lowest BCUT2D eigenvalue weighted by Crippen LogP contribution is -2.00. The molecular weight excluding hydrogens is 270 g/mol. The average molecular weight is 285 g/mol. The summed E-state index contributed by atoms with van der Waals surface area (Å²) in [6.45, 7) is 0.481. The van der Waals surface area contributed by atoms with E-state index in [9.17, 15) is 4.79 Å². The Hall–Kier alpha value is -2.73. The highest BCUT2D eigenvalue weighted by Gasteiger charge is 2.08. The number of carbonyl (C=O) groups is 1. The van der Waals surface area contributed by atoms with Crippen LogP contribution in [0.15, 0.2) is 36.5 Å². The fraction of sp³-hybridized carbons (Fsp3) is 0.133. The molecule has 1 aromatic heterocycles. The number of nitrogen functional groups attached to an aromatic ring is 1. The van der Waals surface area contributed by atoms with Crippen LogP contribution in [-0.2, 0) is 4.74 Å². The van der Waals surface area contributed by atoms with Crippen molar-refractivity contribution in [3.8, 4) is 11.3 Å². The van der Waals surface area contributed by atoms with Crippen molar-refractivity contribution in [2.24, 2.45) is 0 Å². The van der Waals surface area contributed by atoms with E-state index in [2.05, 4.69) is 9.97 Å². The molecule has 0 bridgehead atoms. The van der Waals surface area contributed by atoms with Crippen LogP contribution in [0, 0.1) is 0 Å². The Morgan fingerprint density at radius 3 is 2.71 bits per heavy atom. The molecule has 0 fully saturated rings. The molecule has 0 saturated heterocycles. The van der Waals surface area contributed by atoms with Gasteiger partial charge in [0.2, 0.25) is 0 Å². The smallest absolute Gasteiger partial charge is 0.335 e. The molecule has 1 heterocycles. The highest BCUT2D eigenvalue weighted by molar-refractivity contribution is 5.88. The number of ether oxygens (including phenoxy) is 1. The number of aromatic nitrogens is 2. The van der Waals surface area contributed by atoms with E-state index in [4.69, 9.17) is 15.6 Å². The Bertz CT molecular complexity index is 666. The standard InChI is InChI=1S/C15H15N3O3/c1-21-8-2-3-12-9-17-14(16)13(18-12)10-4-6-11(7-5-10)15(19)20/h2-7,9H,8H2,1H3,(H2,16,17)(H,19,20)/b3-2+. The van der Waals surface area contributed by atoms with E-state index in [1.807, 2.05) is 6.08 Å². The summed E-state index contributed by atoms with van der Waals surface area (Å²) in [7, 11) is 1.61. The number of rotatable bonds is 5. The molecule has 3 N–H and O–H groups in total. The van der Waals surface area contributed by atoms with Crippen molar-refractivity contribution in [3.05, 3.63) is 47.8 Å². The minimum atomic E-state index is -0.975. The lowest BCUT2D eigenvalue weighted by Gasteiger charge is -2.05. The van der Waals surface area contributed by atoms with Gasteiger partial charge in [-0.15, -0.1) is 0 Å². The van der Waals surface area contributed by atoms with E-state index >= 15 is 0 Å². The normalized spacial score (nSPS) is 10.9. The van der Waals surface area contributed by atoms with Crippen LogP contribution < -0.4 is 5.73 Å². The number of hydrogen-bond donors (Lipinski definition) is 2. The summed E-state index contributed by atoms with van der Waals surface area (Å²) in [5.74, 6) is -0.682. The number of nitrogens with two attached hydrogens (primary N) is 1. The number of benzene rings is 1. The summed E-state index contributed by atoms with van der Waals surface area (Å²) in [5.41, 5.74) is 7.93. The lowest BCUT2D eigenvalue weighted by molar-refractivity contribution is 0.0697. The number of carboxylic acids is 1. The Morgan fingerprint density at radius 1 is 1.38 bits per heavy atom. The van der Waals surface area contributed by atoms with Crippen molar-refractivity contribution >= 4 is 17.9 Å². The molecule has 0 aliphatic rings. The first-order chi connectivity index (χ1) is 10.1. The molecule has 2 aromatic rings. The van der Waals surface area contributed by atoms with Crippen molar-refractivity contribution in [3.63, 3.8) is 0 Å². The molecular formula is C15H15N3O3. The van der Waals surface area contributed by atoms with E-state index in [0.29, 0.717) is 29.4 Å². The van der Waals surface area contributed by atoms with Gasteiger partial charge >= 0.3 is 5.97 Å². The zero-order valence-corrected chi connectivity index (χ0v) is 11.5. The second-order valence-electron chi connectivity index (χ2n) is 4.27. The third-order valence-electron chi connectivity index (χ3n) is 2.78. The highest BCUT2D eigenvalue weighted by Crippen LogP contribution is 2.22. The number of aromatic carboxylic acids is 1. The van der Waals surface area contributed by atoms with E-state index in [1.165, 1.54) is 12.1 Å². The quantitative estimate of drug-likeness (QED) is 0.872. The second-order valence-corrected chi connectivity index (χ2v) is 4.27. The first-order valence-electron chi connectivity index (χ1n) is 6.23. The first-order valence-corrected chi connectivity index (χ1v) is 6.23. The molecule has 0 saturated carbocycles. The maximum Gasteiger partial charge on any atom is 0.335 e. The number of carboxylic acid groups (broad SMARTS) is 1. The fourth-order valence-electron chi connectivity index (χ4n) is 1.74. The van der Waals surface area contributed by atoms with Gasteiger partial charge in [-0.05, 0) is 18.2 Å². The average Bonchev–Trinajstić information content (AvgIpc) is 2.49. The largest absolute Gasteiger partial charge is 0.478 e. The molecule has 0 aliphatic carbocycles. The first kappa shape index (κ1) is 14.7. The number of methoxy groups -OCH3 is 1. The molecule has 0 aliphatic heterocycles. The van der Waals surface area contributed by atoms with Gasteiger partial charge in [0.1, 0.15) is 11.5 Å². The summed E-state index contributed by atoms with van der Waals surface area (Å²) in [6, 6.07) is 6.33. The van der Waals surface area contributed by atoms with Gasteiger partial charge in [0.05, 0.1) is 24.1 Å². The van der Waals surface area contributed by atoms with E-state index in [1.54, 1.807) is 31.5 Å². The van der Waals surface area contributed by atoms with Crippen LogP contribution in [0.4, 0.5) is 5.82 Å². The van der Waals surface area contributed by atoms with Crippen molar-refractivity contribution in [2.45, 2.75) is 0 Å². The van der Waals surface area contributed by atoms with Crippen molar-refractivity contribution in [2.75, 3.05) is 19.5 Å². The van der Waals surface area contributed by atoms with Crippen LogP contribution in [0.5, 0.6) is 0 Å². The van der Waals surface area contributed by atoms with Gasteiger partial charge in [0.15, 0.2) is 0 Å². The van der Waals surface area contributed by atoms with Crippen molar-refractivity contribution in [1.82, 2.24) is 9.97 Å². The Balaban J connectivity index is 2.33. The number of hydrogen-bond acceptors (Lipinski definition) is 5. The summed E-state index contributed by atoms with van der Waals surface area (Å²) < 4.78 is 4.92. The van der Waals surface area contributed by atoms with Crippen LogP contribution in [0.2, 0.25) is 0 Å². The highest BCUT2D eigenvalue weighted by atomic mass is 16.5. The van der Waals surface area contributed by atoms with Crippen LogP contribution in [0.1, 0.15) is 16.1 Å². The van der Waals surface area contributed by atoms with Gasteiger partial charge in [0.25, 0.3) is 0 Å². The van der Waals surface area contributed by atoms with Crippen LogP contribution in [0.3, 0.4) is 0 Å². The van der Waals surface area contributed by atoms with Crippen LogP contribution >= 0.6 is 0 Å². The van der Waals surface area contributed by atoms with Crippen molar-refractivity contribution < 1.29 is 14.6 Å². The SMILES string of the molecule is COC/C=C/c1cnc(N)c(-c2ccc(C(=O)O)cc2)n1. The van der Waals surface area contributed by atoms with Crippen molar-refractivity contribution in [1.29, 1.82) is 0 Å². The Kier molecular flexibility index (Phi) is 4.63. The van der Waals surface area contributed by atoms with Crippen LogP contribution in [-0.4, -0.2) is 34.8 Å². The predicted molar refractivity (Wildman–Crippen MR) is 79.7 cm³/mol. The molecule has 0 spiro atoms. The second kappa shape index (κ2) is 6.62. The molecule has 2 rings (SSSR count). The Morgan fingerprint density at radius 2 is 2.10 bits per heavy atom. The lowest BCUT2D eigenvalue weighted by atomic mass is 10.1. The van der Waals surface area contributed by atoms with Gasteiger partial charge in [-0.3, -0.25) is 0 Å².